The summed E-state index contributed by atoms with van der Waals surface area (Å²) in [5, 5.41) is 3.04. The number of aryl methyl sites for hydroxylation is 1. The summed E-state index contributed by atoms with van der Waals surface area (Å²) in [6.07, 6.45) is 4.52. The summed E-state index contributed by atoms with van der Waals surface area (Å²) in [5.41, 5.74) is 3.12. The number of nitrogens with zero attached hydrogens (tertiary/aromatic N) is 4. The van der Waals surface area contributed by atoms with Crippen LogP contribution >= 0.6 is 0 Å². The molecule has 1 amide bonds. The average molecular weight is 377 g/mol. The second-order valence-electron chi connectivity index (χ2n) is 7.35. The molecular formula is C22H27N5O. The van der Waals surface area contributed by atoms with Crippen LogP contribution in [0.2, 0.25) is 0 Å². The predicted octanol–water partition coefficient (Wildman–Crippen LogP) is 3.37. The number of nitrogens with one attached hydrogen (secondary N) is 1. The van der Waals surface area contributed by atoms with Crippen LogP contribution in [0.1, 0.15) is 31.9 Å². The van der Waals surface area contributed by atoms with Gasteiger partial charge < -0.3 is 14.8 Å². The number of piperidine rings is 1. The lowest BCUT2D eigenvalue weighted by Gasteiger charge is -2.32. The van der Waals surface area contributed by atoms with Gasteiger partial charge in [-0.2, -0.15) is 0 Å². The maximum Gasteiger partial charge on any atom is 0.223 e. The smallest absolute Gasteiger partial charge is 0.223 e. The van der Waals surface area contributed by atoms with Crippen molar-refractivity contribution in [2.75, 3.05) is 18.0 Å². The summed E-state index contributed by atoms with van der Waals surface area (Å²) < 4.78 is 2.32. The lowest BCUT2D eigenvalue weighted by atomic mass is 9.96. The van der Waals surface area contributed by atoms with Crippen molar-refractivity contribution in [2.24, 2.45) is 5.92 Å². The van der Waals surface area contributed by atoms with Gasteiger partial charge in [-0.1, -0.05) is 25.1 Å². The molecule has 0 spiro atoms. The molecule has 3 heterocycles. The Hall–Kier alpha value is -2.89. The van der Waals surface area contributed by atoms with E-state index in [1.165, 1.54) is 5.52 Å². The van der Waals surface area contributed by atoms with Crippen LogP contribution in [0.3, 0.4) is 0 Å². The summed E-state index contributed by atoms with van der Waals surface area (Å²) in [4.78, 5) is 24.0. The van der Waals surface area contributed by atoms with Crippen molar-refractivity contribution in [3.8, 4) is 0 Å². The Kier molecular flexibility index (Phi) is 5.55. The van der Waals surface area contributed by atoms with Crippen LogP contribution in [-0.2, 0) is 17.9 Å². The number of carbonyl (C=O) groups excluding carboxylic acids is 1. The number of imidazole rings is 1. The van der Waals surface area contributed by atoms with Crippen LogP contribution in [0.15, 0.2) is 48.7 Å². The van der Waals surface area contributed by atoms with Gasteiger partial charge in [-0.3, -0.25) is 9.78 Å². The molecule has 1 aliphatic heterocycles. The largest absolute Gasteiger partial charge is 0.350 e. The zero-order valence-electron chi connectivity index (χ0n) is 16.3. The molecule has 0 aliphatic carbocycles. The first kappa shape index (κ1) is 18.5. The Morgan fingerprint density at radius 2 is 1.93 bits per heavy atom. The van der Waals surface area contributed by atoms with Crippen molar-refractivity contribution >= 4 is 22.9 Å². The number of fused-ring (bicyclic) bond motifs is 1. The van der Waals surface area contributed by atoms with Crippen LogP contribution in [0.5, 0.6) is 0 Å². The number of hydrogen-bond donors (Lipinski definition) is 1. The van der Waals surface area contributed by atoms with Crippen LogP contribution < -0.4 is 10.2 Å². The summed E-state index contributed by atoms with van der Waals surface area (Å²) in [7, 11) is 0. The van der Waals surface area contributed by atoms with Gasteiger partial charge in [0.2, 0.25) is 11.9 Å². The molecule has 4 rings (SSSR count). The normalized spacial score (nSPS) is 15.1. The molecule has 1 N–H and O–H groups in total. The van der Waals surface area contributed by atoms with Crippen molar-refractivity contribution in [1.82, 2.24) is 19.9 Å². The molecule has 0 saturated carbocycles. The predicted molar refractivity (Wildman–Crippen MR) is 111 cm³/mol. The van der Waals surface area contributed by atoms with E-state index in [0.717, 1.165) is 56.1 Å². The van der Waals surface area contributed by atoms with Crippen LogP contribution in [0, 0.1) is 5.92 Å². The third-order valence-corrected chi connectivity index (χ3v) is 5.40. The molecule has 6 nitrogen and oxygen atoms in total. The highest BCUT2D eigenvalue weighted by atomic mass is 16.1. The van der Waals surface area contributed by atoms with E-state index in [2.05, 4.69) is 44.9 Å². The minimum absolute atomic E-state index is 0.0592. The molecule has 146 valence electrons. The lowest BCUT2D eigenvalue weighted by Crippen LogP contribution is -2.41. The first-order valence-electron chi connectivity index (χ1n) is 10.1. The van der Waals surface area contributed by atoms with E-state index < -0.39 is 0 Å². The van der Waals surface area contributed by atoms with Crippen molar-refractivity contribution in [2.45, 2.75) is 39.3 Å². The number of carbonyl (C=O) groups is 1. The highest BCUT2D eigenvalue weighted by Gasteiger charge is 2.27. The molecular weight excluding hydrogens is 350 g/mol. The van der Waals surface area contributed by atoms with E-state index in [4.69, 9.17) is 4.98 Å². The summed E-state index contributed by atoms with van der Waals surface area (Å²) >= 11 is 0. The number of hydrogen-bond acceptors (Lipinski definition) is 4. The molecule has 1 fully saturated rings. The number of amides is 1. The van der Waals surface area contributed by atoms with E-state index in [1.54, 1.807) is 6.20 Å². The summed E-state index contributed by atoms with van der Waals surface area (Å²) in [6.45, 7) is 5.35. The van der Waals surface area contributed by atoms with Gasteiger partial charge in [0, 0.05) is 31.7 Å². The Morgan fingerprint density at radius 1 is 1.14 bits per heavy atom. The van der Waals surface area contributed by atoms with Crippen molar-refractivity contribution in [1.29, 1.82) is 0 Å². The second-order valence-corrected chi connectivity index (χ2v) is 7.35. The quantitative estimate of drug-likeness (QED) is 0.715. The minimum atomic E-state index is 0.0592. The van der Waals surface area contributed by atoms with E-state index in [9.17, 15) is 4.79 Å². The van der Waals surface area contributed by atoms with Gasteiger partial charge >= 0.3 is 0 Å². The molecule has 0 bridgehead atoms. The molecule has 0 atom stereocenters. The average Bonchev–Trinajstić information content (AvgIpc) is 3.12. The third kappa shape index (κ3) is 3.86. The lowest BCUT2D eigenvalue weighted by molar-refractivity contribution is -0.125. The Bertz CT molecular complexity index is 929. The number of pyridine rings is 1. The van der Waals surface area contributed by atoms with Gasteiger partial charge in [0.05, 0.1) is 23.3 Å². The Morgan fingerprint density at radius 3 is 2.68 bits per heavy atom. The summed E-state index contributed by atoms with van der Waals surface area (Å²) in [6, 6.07) is 14.1. The fourth-order valence-corrected chi connectivity index (χ4v) is 3.91. The number of benzene rings is 1. The van der Waals surface area contributed by atoms with E-state index in [-0.39, 0.29) is 11.8 Å². The maximum atomic E-state index is 12.5. The highest BCUT2D eigenvalue weighted by Crippen LogP contribution is 2.27. The Labute approximate surface area is 165 Å². The molecule has 1 saturated heterocycles. The van der Waals surface area contributed by atoms with Gasteiger partial charge in [0.25, 0.3) is 0 Å². The molecule has 1 aliphatic rings. The number of anilines is 1. The van der Waals surface area contributed by atoms with Gasteiger partial charge in [-0.15, -0.1) is 0 Å². The highest BCUT2D eigenvalue weighted by molar-refractivity contribution is 5.80. The molecule has 28 heavy (non-hydrogen) atoms. The molecule has 3 aromatic rings. The minimum Gasteiger partial charge on any atom is -0.350 e. The van der Waals surface area contributed by atoms with Gasteiger partial charge in [-0.05, 0) is 43.5 Å². The van der Waals surface area contributed by atoms with Crippen LogP contribution in [0.4, 0.5) is 5.95 Å². The summed E-state index contributed by atoms with van der Waals surface area (Å²) in [5.74, 6) is 1.23. The fourth-order valence-electron chi connectivity index (χ4n) is 3.91. The van der Waals surface area contributed by atoms with E-state index >= 15 is 0 Å². The zero-order chi connectivity index (χ0) is 19.3. The number of rotatable bonds is 6. The van der Waals surface area contributed by atoms with Crippen molar-refractivity contribution in [3.63, 3.8) is 0 Å². The molecule has 2 aromatic heterocycles. The molecule has 0 unspecified atom stereocenters. The standard InChI is InChI=1S/C22H27N5O/c1-2-13-27-20-9-4-3-8-19(20)25-22(27)26-14-10-17(11-15-26)21(28)24-16-18-7-5-6-12-23-18/h3-9,12,17H,2,10-11,13-16H2,1H3,(H,24,28). The first-order valence-corrected chi connectivity index (χ1v) is 10.1. The monoisotopic (exact) mass is 377 g/mol. The molecule has 1 aromatic carbocycles. The second kappa shape index (κ2) is 8.42. The van der Waals surface area contributed by atoms with Gasteiger partial charge in [0.1, 0.15) is 0 Å². The van der Waals surface area contributed by atoms with Gasteiger partial charge in [-0.25, -0.2) is 4.98 Å². The van der Waals surface area contributed by atoms with E-state index in [0.29, 0.717) is 6.54 Å². The molecule has 0 radical (unpaired) electrons. The zero-order valence-corrected chi connectivity index (χ0v) is 16.3. The Balaban J connectivity index is 1.39. The topological polar surface area (TPSA) is 63.1 Å². The maximum absolute atomic E-state index is 12.5. The van der Waals surface area contributed by atoms with Crippen LogP contribution in [-0.4, -0.2) is 33.5 Å². The van der Waals surface area contributed by atoms with Crippen LogP contribution in [0.25, 0.3) is 11.0 Å². The SMILES string of the molecule is CCCn1c(N2CCC(C(=O)NCc3ccccn3)CC2)nc2ccccc21. The van der Waals surface area contributed by atoms with Gasteiger partial charge in [0.15, 0.2) is 0 Å². The number of aromatic nitrogens is 3. The van der Waals surface area contributed by atoms with E-state index in [1.807, 2.05) is 24.3 Å². The first-order chi connectivity index (χ1) is 13.8. The number of para-hydroxylation sites is 2. The fraction of sp³-hybridized carbons (Fsp3) is 0.409. The van der Waals surface area contributed by atoms with Crippen molar-refractivity contribution < 1.29 is 4.79 Å². The van der Waals surface area contributed by atoms with Crippen molar-refractivity contribution in [3.05, 3.63) is 54.4 Å². The molecule has 6 heteroatoms. The third-order valence-electron chi connectivity index (χ3n) is 5.40.